The van der Waals surface area contributed by atoms with Crippen LogP contribution in [0.2, 0.25) is 0 Å². The molecule has 2 fully saturated rings. The zero-order chi connectivity index (χ0) is 13.2. The van der Waals surface area contributed by atoms with E-state index in [2.05, 4.69) is 5.32 Å². The lowest BCUT2D eigenvalue weighted by molar-refractivity contribution is -0.121. The number of carbonyl (C=O) groups excluding carboxylic acids is 1. The number of hydrogen-bond donors (Lipinski definition) is 1. The van der Waals surface area contributed by atoms with Gasteiger partial charge in [-0.2, -0.15) is 0 Å². The summed E-state index contributed by atoms with van der Waals surface area (Å²) in [5, 5.41) is 2.47. The zero-order valence-corrected chi connectivity index (χ0v) is 11.8. The summed E-state index contributed by atoms with van der Waals surface area (Å²) in [5.41, 5.74) is 0.870. The van der Waals surface area contributed by atoms with Crippen LogP contribution in [0.25, 0.3) is 0 Å². The van der Waals surface area contributed by atoms with Crippen LogP contribution >= 0.6 is 11.6 Å². The van der Waals surface area contributed by atoms with E-state index in [0.29, 0.717) is 5.92 Å². The number of nitrogens with one attached hydrogen (secondary N) is 1. The Bertz CT molecular complexity index is 447. The minimum Gasteiger partial charge on any atom is -0.354 e. The molecule has 2 nitrogen and oxygen atoms in total. The normalized spacial score (nSPS) is 30.3. The molecule has 0 heterocycles. The van der Waals surface area contributed by atoms with Gasteiger partial charge in [-0.05, 0) is 42.6 Å². The van der Waals surface area contributed by atoms with Crippen molar-refractivity contribution in [1.29, 1.82) is 0 Å². The zero-order valence-electron chi connectivity index (χ0n) is 11.0. The van der Waals surface area contributed by atoms with Gasteiger partial charge in [0.25, 0.3) is 0 Å². The van der Waals surface area contributed by atoms with Crippen LogP contribution < -0.4 is 5.32 Å². The van der Waals surface area contributed by atoms with Crippen LogP contribution in [0.1, 0.15) is 36.6 Å². The van der Waals surface area contributed by atoms with E-state index >= 15 is 0 Å². The van der Waals surface area contributed by atoms with Gasteiger partial charge in [0.15, 0.2) is 0 Å². The first-order valence-corrected chi connectivity index (χ1v) is 7.64. The third-order valence-electron chi connectivity index (χ3n) is 4.75. The van der Waals surface area contributed by atoms with Crippen LogP contribution in [-0.4, -0.2) is 12.5 Å². The summed E-state index contributed by atoms with van der Waals surface area (Å²) >= 11 is 6.21. The van der Waals surface area contributed by atoms with Crippen molar-refractivity contribution in [2.45, 2.75) is 31.1 Å². The predicted molar refractivity (Wildman–Crippen MR) is 77.0 cm³/mol. The highest BCUT2D eigenvalue weighted by Gasteiger charge is 2.39. The molecule has 0 aromatic heterocycles. The largest absolute Gasteiger partial charge is 0.354 e. The minimum absolute atomic E-state index is 0.0596. The molecule has 2 aliphatic rings. The molecule has 0 aliphatic heterocycles. The topological polar surface area (TPSA) is 29.1 Å². The van der Waals surface area contributed by atoms with E-state index in [4.69, 9.17) is 11.6 Å². The van der Waals surface area contributed by atoms with Gasteiger partial charge in [-0.1, -0.05) is 36.8 Å². The third kappa shape index (κ3) is 2.79. The Morgan fingerprint density at radius 2 is 2.05 bits per heavy atom. The summed E-state index contributed by atoms with van der Waals surface area (Å²) in [4.78, 5) is 12.1. The molecule has 3 heteroatoms. The van der Waals surface area contributed by atoms with Gasteiger partial charge in [-0.25, -0.2) is 0 Å². The maximum absolute atomic E-state index is 12.1. The molecule has 2 saturated carbocycles. The monoisotopic (exact) mass is 277 g/mol. The van der Waals surface area contributed by atoms with Crippen molar-refractivity contribution in [2.24, 2.45) is 17.8 Å². The summed E-state index contributed by atoms with van der Waals surface area (Å²) in [5.74, 6) is 2.39. The second-order valence-electron chi connectivity index (χ2n) is 5.95. The van der Waals surface area contributed by atoms with E-state index in [0.717, 1.165) is 23.9 Å². The predicted octanol–water partition coefficient (Wildman–Crippen LogP) is 3.52. The standard InChI is InChI=1S/C16H20ClNO/c17-15(12-4-2-1-3-5-12)16(19)18-10-14-9-11-6-7-13(14)8-11/h1-5,11,13-15H,6-10H2,(H,18,19)/t11-,13-,14-,15-/m0/s1. The fraction of sp³-hybridized carbons (Fsp3) is 0.562. The summed E-state index contributed by atoms with van der Waals surface area (Å²) < 4.78 is 0. The first-order chi connectivity index (χ1) is 9.24. The Labute approximate surface area is 119 Å². The minimum atomic E-state index is -0.570. The molecular weight excluding hydrogens is 258 g/mol. The SMILES string of the molecule is O=C(NC[C@@H]1C[C@H]2CC[C@H]1C2)[C@@H](Cl)c1ccccc1. The Balaban J connectivity index is 1.51. The van der Waals surface area contributed by atoms with Crippen LogP contribution in [0.5, 0.6) is 0 Å². The van der Waals surface area contributed by atoms with Crippen molar-refractivity contribution in [3.05, 3.63) is 35.9 Å². The first-order valence-electron chi connectivity index (χ1n) is 7.21. The van der Waals surface area contributed by atoms with E-state index < -0.39 is 5.38 Å². The van der Waals surface area contributed by atoms with Crippen molar-refractivity contribution in [3.63, 3.8) is 0 Å². The molecule has 1 aromatic rings. The van der Waals surface area contributed by atoms with Crippen molar-refractivity contribution in [3.8, 4) is 0 Å². The average molecular weight is 278 g/mol. The van der Waals surface area contributed by atoms with Gasteiger partial charge in [0.05, 0.1) is 0 Å². The summed E-state index contributed by atoms with van der Waals surface area (Å²) in [6.45, 7) is 0.802. The van der Waals surface area contributed by atoms with Crippen LogP contribution in [0.15, 0.2) is 30.3 Å². The molecular formula is C16H20ClNO. The molecule has 2 bridgehead atoms. The Hall–Kier alpha value is -1.02. The highest BCUT2D eigenvalue weighted by molar-refractivity contribution is 6.30. The van der Waals surface area contributed by atoms with Gasteiger partial charge < -0.3 is 5.32 Å². The van der Waals surface area contributed by atoms with Crippen LogP contribution in [0.4, 0.5) is 0 Å². The summed E-state index contributed by atoms with van der Waals surface area (Å²) in [6, 6.07) is 9.55. The lowest BCUT2D eigenvalue weighted by Gasteiger charge is -2.22. The van der Waals surface area contributed by atoms with Crippen LogP contribution in [0.3, 0.4) is 0 Å². The first kappa shape index (κ1) is 13.0. The van der Waals surface area contributed by atoms with Gasteiger partial charge in [0, 0.05) is 6.54 Å². The van der Waals surface area contributed by atoms with E-state index in [1.807, 2.05) is 30.3 Å². The number of amides is 1. The lowest BCUT2D eigenvalue weighted by atomic mass is 9.89. The quantitative estimate of drug-likeness (QED) is 0.839. The lowest BCUT2D eigenvalue weighted by Crippen LogP contribution is -2.33. The smallest absolute Gasteiger partial charge is 0.242 e. The average Bonchev–Trinajstić information content (AvgIpc) is 3.07. The summed E-state index contributed by atoms with van der Waals surface area (Å²) in [6.07, 6.45) is 5.43. The number of hydrogen-bond acceptors (Lipinski definition) is 1. The molecule has 1 amide bonds. The molecule has 1 aromatic carbocycles. The molecule has 0 spiro atoms. The Morgan fingerprint density at radius 3 is 2.68 bits per heavy atom. The fourth-order valence-corrected chi connectivity index (χ4v) is 3.94. The Kier molecular flexibility index (Phi) is 3.79. The second kappa shape index (κ2) is 5.54. The van der Waals surface area contributed by atoms with Crippen molar-refractivity contribution in [1.82, 2.24) is 5.32 Å². The highest BCUT2D eigenvalue weighted by Crippen LogP contribution is 2.47. The molecule has 102 valence electrons. The van der Waals surface area contributed by atoms with Gasteiger partial charge >= 0.3 is 0 Å². The van der Waals surface area contributed by atoms with Gasteiger partial charge in [-0.15, -0.1) is 11.6 Å². The van der Waals surface area contributed by atoms with E-state index in [1.54, 1.807) is 0 Å². The Morgan fingerprint density at radius 1 is 1.26 bits per heavy atom. The number of carbonyl (C=O) groups is 1. The van der Waals surface area contributed by atoms with Gasteiger partial charge in [0.1, 0.15) is 5.38 Å². The number of halogens is 1. The molecule has 0 unspecified atom stereocenters. The van der Waals surface area contributed by atoms with E-state index in [-0.39, 0.29) is 5.91 Å². The van der Waals surface area contributed by atoms with Crippen molar-refractivity contribution < 1.29 is 4.79 Å². The number of rotatable bonds is 4. The third-order valence-corrected chi connectivity index (χ3v) is 5.20. The molecule has 3 rings (SSSR count). The van der Waals surface area contributed by atoms with Gasteiger partial charge in [-0.3, -0.25) is 4.79 Å². The maximum atomic E-state index is 12.1. The molecule has 0 radical (unpaired) electrons. The molecule has 19 heavy (non-hydrogen) atoms. The number of fused-ring (bicyclic) bond motifs is 2. The molecule has 1 N–H and O–H groups in total. The van der Waals surface area contributed by atoms with Crippen LogP contribution in [-0.2, 0) is 4.79 Å². The highest BCUT2D eigenvalue weighted by atomic mass is 35.5. The maximum Gasteiger partial charge on any atom is 0.242 e. The second-order valence-corrected chi connectivity index (χ2v) is 6.39. The number of benzene rings is 1. The molecule has 2 aliphatic carbocycles. The fourth-order valence-electron chi connectivity index (χ4n) is 3.72. The van der Waals surface area contributed by atoms with E-state index in [1.165, 1.54) is 25.7 Å². The number of alkyl halides is 1. The van der Waals surface area contributed by atoms with Crippen molar-refractivity contribution >= 4 is 17.5 Å². The van der Waals surface area contributed by atoms with E-state index in [9.17, 15) is 4.79 Å². The van der Waals surface area contributed by atoms with Gasteiger partial charge in [0.2, 0.25) is 5.91 Å². The molecule has 4 atom stereocenters. The molecule has 0 saturated heterocycles. The summed E-state index contributed by atoms with van der Waals surface area (Å²) in [7, 11) is 0. The van der Waals surface area contributed by atoms with Crippen LogP contribution in [0, 0.1) is 17.8 Å². The van der Waals surface area contributed by atoms with Crippen molar-refractivity contribution in [2.75, 3.05) is 6.54 Å².